The van der Waals surface area contributed by atoms with Crippen molar-refractivity contribution in [3.8, 4) is 0 Å². The lowest BCUT2D eigenvalue weighted by atomic mass is 10.1. The minimum absolute atomic E-state index is 0.481. The molecule has 0 aliphatic carbocycles. The average molecular weight is 353 g/mol. The number of carbonyl (C=O) groups is 1. The molecule has 0 radical (unpaired) electrons. The number of thiophene rings is 1. The smallest absolute Gasteiger partial charge is 0.339 e. The summed E-state index contributed by atoms with van der Waals surface area (Å²) in [5.74, 6) is 0. The topological polar surface area (TPSA) is 79.4 Å². The SMILES string of the molecule is CC(C=Cc1ccc(Cc2ccc3ccccc3n2)s1)N(O)C(N)=O. The van der Waals surface area contributed by atoms with Gasteiger partial charge in [-0.15, -0.1) is 11.3 Å². The summed E-state index contributed by atoms with van der Waals surface area (Å²) >= 11 is 1.65. The third-order valence-electron chi connectivity index (χ3n) is 3.84. The Balaban J connectivity index is 1.69. The van der Waals surface area contributed by atoms with Gasteiger partial charge in [-0.3, -0.25) is 10.2 Å². The molecule has 1 unspecified atom stereocenters. The molecule has 0 spiro atoms. The van der Waals surface area contributed by atoms with Gasteiger partial charge in [0.05, 0.1) is 11.6 Å². The van der Waals surface area contributed by atoms with Gasteiger partial charge in [-0.2, -0.15) is 5.06 Å². The number of amides is 2. The molecule has 5 nitrogen and oxygen atoms in total. The molecule has 2 heterocycles. The predicted molar refractivity (Wildman–Crippen MR) is 101 cm³/mol. The standard InChI is InChI=1S/C19H19N3O2S/c1-13(22(24)19(20)23)6-9-16-10-11-17(25-16)12-15-8-7-14-4-2-3-5-18(14)21-15/h2-11,13,24H,12H2,1H3,(H2,20,23). The quantitative estimate of drug-likeness (QED) is 0.536. The number of fused-ring (bicyclic) bond motifs is 1. The highest BCUT2D eigenvalue weighted by Crippen LogP contribution is 2.22. The van der Waals surface area contributed by atoms with Crippen LogP contribution >= 0.6 is 11.3 Å². The molecular formula is C19H19N3O2S. The van der Waals surface area contributed by atoms with E-state index in [4.69, 9.17) is 10.7 Å². The van der Waals surface area contributed by atoms with Crippen LogP contribution in [0.4, 0.5) is 4.79 Å². The first-order valence-electron chi connectivity index (χ1n) is 7.92. The number of nitrogens with zero attached hydrogens (tertiary/aromatic N) is 2. The first kappa shape index (κ1) is 17.1. The summed E-state index contributed by atoms with van der Waals surface area (Å²) in [6.07, 6.45) is 4.37. The van der Waals surface area contributed by atoms with Crippen molar-refractivity contribution in [2.75, 3.05) is 0 Å². The number of benzene rings is 1. The van der Waals surface area contributed by atoms with Crippen molar-refractivity contribution in [3.05, 3.63) is 70.1 Å². The van der Waals surface area contributed by atoms with Crippen molar-refractivity contribution >= 4 is 34.3 Å². The molecule has 25 heavy (non-hydrogen) atoms. The molecule has 3 N–H and O–H groups in total. The lowest BCUT2D eigenvalue weighted by Crippen LogP contribution is -2.38. The number of aromatic nitrogens is 1. The van der Waals surface area contributed by atoms with E-state index in [2.05, 4.69) is 24.3 Å². The van der Waals surface area contributed by atoms with Gasteiger partial charge in [0.2, 0.25) is 0 Å². The van der Waals surface area contributed by atoms with Crippen LogP contribution in [-0.2, 0) is 6.42 Å². The number of nitrogens with two attached hydrogens (primary N) is 1. The summed E-state index contributed by atoms with van der Waals surface area (Å²) in [5, 5.41) is 11.1. The van der Waals surface area contributed by atoms with Gasteiger partial charge in [-0.1, -0.05) is 30.3 Å². The van der Waals surface area contributed by atoms with Crippen LogP contribution in [-0.4, -0.2) is 27.3 Å². The fourth-order valence-electron chi connectivity index (χ4n) is 2.48. The van der Waals surface area contributed by atoms with Crippen molar-refractivity contribution in [3.63, 3.8) is 0 Å². The monoisotopic (exact) mass is 353 g/mol. The summed E-state index contributed by atoms with van der Waals surface area (Å²) < 4.78 is 0. The van der Waals surface area contributed by atoms with Crippen molar-refractivity contribution in [1.29, 1.82) is 0 Å². The Morgan fingerprint density at radius 3 is 2.88 bits per heavy atom. The van der Waals surface area contributed by atoms with Crippen LogP contribution in [0.25, 0.3) is 17.0 Å². The fourth-order valence-corrected chi connectivity index (χ4v) is 3.42. The Bertz CT molecular complexity index is 920. The third kappa shape index (κ3) is 4.23. The number of carbonyl (C=O) groups excluding carboxylic acids is 1. The molecular weight excluding hydrogens is 334 g/mol. The molecule has 0 aliphatic heterocycles. The summed E-state index contributed by atoms with van der Waals surface area (Å²) in [6.45, 7) is 1.69. The lowest BCUT2D eigenvalue weighted by Gasteiger charge is -2.16. The maximum absolute atomic E-state index is 10.9. The van der Waals surface area contributed by atoms with E-state index < -0.39 is 12.1 Å². The maximum Gasteiger partial charge on any atom is 0.339 e. The second-order valence-electron chi connectivity index (χ2n) is 5.76. The average Bonchev–Trinajstić information content (AvgIpc) is 3.06. The highest BCUT2D eigenvalue weighted by atomic mass is 32.1. The number of primary amides is 1. The van der Waals surface area contributed by atoms with E-state index in [1.54, 1.807) is 24.3 Å². The summed E-state index contributed by atoms with van der Waals surface area (Å²) in [6, 6.07) is 14.9. The third-order valence-corrected chi connectivity index (χ3v) is 4.89. The maximum atomic E-state index is 10.9. The molecule has 0 saturated carbocycles. The van der Waals surface area contributed by atoms with Gasteiger partial charge in [0.1, 0.15) is 0 Å². The van der Waals surface area contributed by atoms with Gasteiger partial charge in [-0.05, 0) is 37.3 Å². The number of hydrogen-bond acceptors (Lipinski definition) is 4. The molecule has 2 aromatic heterocycles. The Morgan fingerprint density at radius 2 is 2.08 bits per heavy atom. The summed E-state index contributed by atoms with van der Waals surface area (Å²) in [4.78, 5) is 17.8. The first-order chi connectivity index (χ1) is 12.0. The highest BCUT2D eigenvalue weighted by molar-refractivity contribution is 7.12. The fraction of sp³-hybridized carbons (Fsp3) is 0.158. The van der Waals surface area contributed by atoms with Crippen LogP contribution in [0.5, 0.6) is 0 Å². The highest BCUT2D eigenvalue weighted by Gasteiger charge is 2.11. The molecule has 128 valence electrons. The van der Waals surface area contributed by atoms with Crippen molar-refractivity contribution in [2.24, 2.45) is 5.73 Å². The Morgan fingerprint density at radius 1 is 1.28 bits per heavy atom. The van der Waals surface area contributed by atoms with E-state index >= 15 is 0 Å². The second kappa shape index (κ2) is 7.46. The summed E-state index contributed by atoms with van der Waals surface area (Å²) in [7, 11) is 0. The molecule has 0 fully saturated rings. The van der Waals surface area contributed by atoms with Crippen LogP contribution in [0.15, 0.2) is 54.6 Å². The zero-order chi connectivity index (χ0) is 17.8. The van der Waals surface area contributed by atoms with Crippen LogP contribution in [0, 0.1) is 0 Å². The Hall–Kier alpha value is -2.70. The van der Waals surface area contributed by atoms with E-state index in [-0.39, 0.29) is 0 Å². The lowest BCUT2D eigenvalue weighted by molar-refractivity contribution is -0.0560. The van der Waals surface area contributed by atoms with E-state index in [1.165, 1.54) is 4.88 Å². The molecule has 3 rings (SSSR count). The largest absolute Gasteiger partial charge is 0.350 e. The van der Waals surface area contributed by atoms with Crippen LogP contribution in [0.3, 0.4) is 0 Å². The van der Waals surface area contributed by atoms with Gasteiger partial charge in [0.15, 0.2) is 0 Å². The van der Waals surface area contributed by atoms with Gasteiger partial charge in [-0.25, -0.2) is 4.79 Å². The number of hydrogen-bond donors (Lipinski definition) is 2. The van der Waals surface area contributed by atoms with Gasteiger partial charge in [0.25, 0.3) is 0 Å². The van der Waals surface area contributed by atoms with Gasteiger partial charge >= 0.3 is 6.03 Å². The molecule has 0 saturated heterocycles. The van der Waals surface area contributed by atoms with E-state index in [0.717, 1.165) is 27.9 Å². The van der Waals surface area contributed by atoms with Crippen molar-refractivity contribution in [1.82, 2.24) is 10.0 Å². The summed E-state index contributed by atoms with van der Waals surface area (Å²) in [5.41, 5.74) is 7.06. The molecule has 0 bridgehead atoms. The zero-order valence-electron chi connectivity index (χ0n) is 13.8. The van der Waals surface area contributed by atoms with Gasteiger partial charge < -0.3 is 5.73 Å². The normalized spacial score (nSPS) is 12.6. The number of pyridine rings is 1. The number of hydroxylamine groups is 2. The van der Waals surface area contributed by atoms with Gasteiger partial charge in [0, 0.05) is 27.3 Å². The molecule has 0 aliphatic rings. The first-order valence-corrected chi connectivity index (χ1v) is 8.74. The van der Waals surface area contributed by atoms with Crippen molar-refractivity contribution in [2.45, 2.75) is 19.4 Å². The Kier molecular flexibility index (Phi) is 5.11. The number of rotatable bonds is 5. The molecule has 2 amide bonds. The van der Waals surface area contributed by atoms with E-state index in [0.29, 0.717) is 5.06 Å². The molecule has 3 aromatic rings. The minimum Gasteiger partial charge on any atom is -0.350 e. The number of para-hydroxylation sites is 1. The van der Waals surface area contributed by atoms with Crippen LogP contribution in [0.1, 0.15) is 22.4 Å². The van der Waals surface area contributed by atoms with Crippen LogP contribution < -0.4 is 5.73 Å². The molecule has 1 aromatic carbocycles. The zero-order valence-corrected chi connectivity index (χ0v) is 14.6. The van der Waals surface area contributed by atoms with Crippen LogP contribution in [0.2, 0.25) is 0 Å². The van der Waals surface area contributed by atoms with E-state index in [9.17, 15) is 10.0 Å². The predicted octanol–water partition coefficient (Wildman–Crippen LogP) is 4.06. The minimum atomic E-state index is -0.869. The Labute approximate surface area is 150 Å². The number of urea groups is 1. The molecule has 6 heteroatoms. The van der Waals surface area contributed by atoms with E-state index in [1.807, 2.05) is 30.3 Å². The second-order valence-corrected chi connectivity index (χ2v) is 6.96. The molecule has 1 atom stereocenters. The van der Waals surface area contributed by atoms with Crippen molar-refractivity contribution < 1.29 is 10.0 Å².